The SMILES string of the molecule is COc1cccc(/C=C/c2ccc(C(=O)Nc3cc(C(=O)Nc4cc(C(=O)NCCO)n(C)c4)n(C)c3)cc2)c1. The summed E-state index contributed by atoms with van der Waals surface area (Å²) in [5.74, 6) is -0.281. The molecule has 4 aromatic rings. The lowest BCUT2D eigenvalue weighted by molar-refractivity contribution is 0.0935. The van der Waals surface area contributed by atoms with Crippen LogP contribution in [0.3, 0.4) is 0 Å². The average Bonchev–Trinajstić information content (AvgIpc) is 3.51. The number of aryl methyl sites for hydroxylation is 2. The minimum atomic E-state index is -0.400. The molecule has 3 amide bonds. The van der Waals surface area contributed by atoms with E-state index >= 15 is 0 Å². The van der Waals surface area contributed by atoms with Crippen molar-refractivity contribution in [2.24, 2.45) is 14.1 Å². The zero-order chi connectivity index (χ0) is 28.6. The number of benzene rings is 2. The Balaban J connectivity index is 1.37. The normalized spacial score (nSPS) is 10.9. The van der Waals surface area contributed by atoms with E-state index in [-0.39, 0.29) is 25.0 Å². The molecule has 0 atom stereocenters. The number of amides is 3. The molecular weight excluding hydrogens is 510 g/mol. The number of methoxy groups -OCH3 is 1. The molecule has 206 valence electrons. The monoisotopic (exact) mass is 541 g/mol. The molecule has 0 aliphatic heterocycles. The van der Waals surface area contributed by atoms with Crippen molar-refractivity contribution in [3.05, 3.63) is 101 Å². The Kier molecular flexibility index (Phi) is 8.82. The zero-order valence-electron chi connectivity index (χ0n) is 22.5. The zero-order valence-corrected chi connectivity index (χ0v) is 22.5. The van der Waals surface area contributed by atoms with Gasteiger partial charge in [0.1, 0.15) is 17.1 Å². The van der Waals surface area contributed by atoms with E-state index in [0.29, 0.717) is 28.3 Å². The van der Waals surface area contributed by atoms with Crippen LogP contribution in [0.25, 0.3) is 12.2 Å². The number of hydrogen-bond acceptors (Lipinski definition) is 5. The Morgan fingerprint density at radius 3 is 2.02 bits per heavy atom. The van der Waals surface area contributed by atoms with Crippen molar-refractivity contribution in [1.29, 1.82) is 0 Å². The minimum absolute atomic E-state index is 0.134. The van der Waals surface area contributed by atoms with Crippen LogP contribution >= 0.6 is 0 Å². The van der Waals surface area contributed by atoms with E-state index in [0.717, 1.165) is 16.9 Å². The van der Waals surface area contributed by atoms with Crippen LogP contribution in [0.4, 0.5) is 11.4 Å². The molecule has 2 aromatic carbocycles. The van der Waals surface area contributed by atoms with Crippen molar-refractivity contribution in [3.63, 3.8) is 0 Å². The first kappa shape index (κ1) is 27.9. The molecule has 10 heteroatoms. The number of aliphatic hydroxyl groups excluding tert-OH is 1. The Bertz CT molecular complexity index is 1550. The highest BCUT2D eigenvalue weighted by Gasteiger charge is 2.17. The van der Waals surface area contributed by atoms with Crippen LogP contribution in [0, 0.1) is 0 Å². The van der Waals surface area contributed by atoms with Gasteiger partial charge in [-0.2, -0.15) is 0 Å². The van der Waals surface area contributed by atoms with Crippen LogP contribution in [0.2, 0.25) is 0 Å². The summed E-state index contributed by atoms with van der Waals surface area (Å²) >= 11 is 0. The summed E-state index contributed by atoms with van der Waals surface area (Å²) in [6.45, 7) is -0.0329. The molecule has 0 spiro atoms. The number of carbonyl (C=O) groups is 3. The standard InChI is InChI=1S/C30H31N5O5/c1-34-19-24(16-26(34)29(38)31-13-14-36)33-30(39)27-17-23(18-35(27)2)32-28(37)22-11-9-20(10-12-22)7-8-21-5-4-6-25(15-21)40-3/h4-12,15-19,36H,13-14H2,1-3H3,(H,31,38)(H,32,37)(H,33,39)/b8-7+. The van der Waals surface area contributed by atoms with Crippen LogP contribution in [0.15, 0.2) is 73.1 Å². The van der Waals surface area contributed by atoms with Gasteiger partial charge in [-0.05, 0) is 47.5 Å². The van der Waals surface area contributed by atoms with Gasteiger partial charge >= 0.3 is 0 Å². The number of rotatable bonds is 10. The molecule has 4 N–H and O–H groups in total. The maximum Gasteiger partial charge on any atom is 0.272 e. The summed E-state index contributed by atoms with van der Waals surface area (Å²) < 4.78 is 8.44. The molecule has 0 radical (unpaired) electrons. The molecule has 0 unspecified atom stereocenters. The lowest BCUT2D eigenvalue weighted by Crippen LogP contribution is -2.27. The number of aromatic nitrogens is 2. The van der Waals surface area contributed by atoms with Crippen LogP contribution in [-0.2, 0) is 14.1 Å². The quantitative estimate of drug-likeness (QED) is 0.227. The first-order valence-corrected chi connectivity index (χ1v) is 12.5. The predicted molar refractivity (Wildman–Crippen MR) is 155 cm³/mol. The highest BCUT2D eigenvalue weighted by molar-refractivity contribution is 6.07. The number of carbonyl (C=O) groups excluding carboxylic acids is 3. The van der Waals surface area contributed by atoms with E-state index in [4.69, 9.17) is 9.84 Å². The highest BCUT2D eigenvalue weighted by atomic mass is 16.5. The number of nitrogens with zero attached hydrogens (tertiary/aromatic N) is 2. The van der Waals surface area contributed by atoms with Gasteiger partial charge in [0.25, 0.3) is 17.7 Å². The van der Waals surface area contributed by atoms with Crippen LogP contribution in [0.1, 0.15) is 42.5 Å². The van der Waals surface area contributed by atoms with Gasteiger partial charge in [0.05, 0.1) is 25.1 Å². The molecule has 0 saturated carbocycles. The fourth-order valence-electron chi connectivity index (χ4n) is 4.06. The number of ether oxygens (including phenoxy) is 1. The van der Waals surface area contributed by atoms with E-state index in [2.05, 4.69) is 16.0 Å². The number of hydrogen-bond donors (Lipinski definition) is 4. The first-order valence-electron chi connectivity index (χ1n) is 12.5. The van der Waals surface area contributed by atoms with Gasteiger partial charge in [0.2, 0.25) is 0 Å². The molecule has 4 rings (SSSR count). The second kappa shape index (κ2) is 12.6. The Morgan fingerprint density at radius 1 is 0.800 bits per heavy atom. The predicted octanol–water partition coefficient (Wildman–Crippen LogP) is 3.77. The van der Waals surface area contributed by atoms with E-state index in [1.165, 1.54) is 0 Å². The van der Waals surface area contributed by atoms with Crippen molar-refractivity contribution in [2.45, 2.75) is 0 Å². The molecule has 0 aliphatic rings. The Hall–Kier alpha value is -5.09. The number of nitrogens with one attached hydrogen (secondary N) is 3. The number of anilines is 2. The van der Waals surface area contributed by atoms with Crippen molar-refractivity contribution < 1.29 is 24.2 Å². The molecular formula is C30H31N5O5. The first-order chi connectivity index (χ1) is 19.3. The second-order valence-corrected chi connectivity index (χ2v) is 9.07. The molecule has 10 nitrogen and oxygen atoms in total. The summed E-state index contributed by atoms with van der Waals surface area (Å²) in [6.07, 6.45) is 7.19. The summed E-state index contributed by atoms with van der Waals surface area (Å²) in [5, 5.41) is 17.1. The van der Waals surface area contributed by atoms with Crippen molar-refractivity contribution in [2.75, 3.05) is 30.9 Å². The Labute approximate surface area is 231 Å². The summed E-state index contributed by atoms with van der Waals surface area (Å²) in [5.41, 5.74) is 3.98. The largest absolute Gasteiger partial charge is 0.497 e. The smallest absolute Gasteiger partial charge is 0.272 e. The van der Waals surface area contributed by atoms with Crippen LogP contribution in [0.5, 0.6) is 5.75 Å². The van der Waals surface area contributed by atoms with Crippen molar-refractivity contribution in [1.82, 2.24) is 14.5 Å². The summed E-state index contributed by atoms with van der Waals surface area (Å²) in [7, 11) is 5.01. The molecule has 40 heavy (non-hydrogen) atoms. The fourth-order valence-corrected chi connectivity index (χ4v) is 4.06. The van der Waals surface area contributed by atoms with Gasteiger partial charge in [0.15, 0.2) is 0 Å². The van der Waals surface area contributed by atoms with E-state index in [1.54, 1.807) is 67.0 Å². The number of aliphatic hydroxyl groups is 1. The second-order valence-electron chi connectivity index (χ2n) is 9.07. The van der Waals surface area contributed by atoms with Gasteiger partial charge in [-0.25, -0.2) is 0 Å². The molecule has 0 fully saturated rings. The van der Waals surface area contributed by atoms with Gasteiger partial charge in [-0.1, -0.05) is 36.4 Å². The fraction of sp³-hybridized carbons (Fsp3) is 0.167. The maximum absolute atomic E-state index is 12.9. The average molecular weight is 542 g/mol. The van der Waals surface area contributed by atoms with Crippen LogP contribution < -0.4 is 20.7 Å². The van der Waals surface area contributed by atoms with Gasteiger partial charge < -0.3 is 34.9 Å². The molecule has 0 bridgehead atoms. The van der Waals surface area contributed by atoms with E-state index in [9.17, 15) is 14.4 Å². The van der Waals surface area contributed by atoms with Gasteiger partial charge in [-0.15, -0.1) is 0 Å². The summed E-state index contributed by atoms with van der Waals surface area (Å²) in [6, 6.07) is 18.0. The molecule has 0 aliphatic carbocycles. The lowest BCUT2D eigenvalue weighted by Gasteiger charge is -2.04. The maximum atomic E-state index is 12.9. The third-order valence-corrected chi connectivity index (χ3v) is 6.12. The highest BCUT2D eigenvalue weighted by Crippen LogP contribution is 2.19. The minimum Gasteiger partial charge on any atom is -0.497 e. The third kappa shape index (κ3) is 6.86. The van der Waals surface area contributed by atoms with Crippen LogP contribution in [-0.4, -0.2) is 52.2 Å². The molecule has 2 heterocycles. The summed E-state index contributed by atoms with van der Waals surface area (Å²) in [4.78, 5) is 37.9. The van der Waals surface area contributed by atoms with E-state index in [1.807, 2.05) is 48.6 Å². The van der Waals surface area contributed by atoms with Crippen molar-refractivity contribution >= 4 is 41.2 Å². The topological polar surface area (TPSA) is 127 Å². The van der Waals surface area contributed by atoms with Gasteiger partial charge in [0, 0.05) is 38.6 Å². The Morgan fingerprint density at radius 2 is 1.40 bits per heavy atom. The van der Waals surface area contributed by atoms with E-state index < -0.39 is 5.91 Å². The third-order valence-electron chi connectivity index (χ3n) is 6.12. The van der Waals surface area contributed by atoms with Crippen molar-refractivity contribution in [3.8, 4) is 5.75 Å². The lowest BCUT2D eigenvalue weighted by atomic mass is 10.1. The molecule has 2 aromatic heterocycles. The van der Waals surface area contributed by atoms with Gasteiger partial charge in [-0.3, -0.25) is 14.4 Å². The molecule has 0 saturated heterocycles.